The number of carbonyl (C=O) groups is 1. The fourth-order valence-electron chi connectivity index (χ4n) is 3.62. The monoisotopic (exact) mass is 275 g/mol. The van der Waals surface area contributed by atoms with E-state index in [2.05, 4.69) is 20.8 Å². The summed E-state index contributed by atoms with van der Waals surface area (Å²) in [5, 5.41) is 18.0. The summed E-state index contributed by atoms with van der Waals surface area (Å²) in [5.41, 5.74) is 0. The molecule has 1 aromatic heterocycles. The molecule has 1 N–H and O–H groups in total. The fourth-order valence-corrected chi connectivity index (χ4v) is 3.62. The summed E-state index contributed by atoms with van der Waals surface area (Å²) in [7, 11) is 0. The van der Waals surface area contributed by atoms with Crippen molar-refractivity contribution in [2.75, 3.05) is 0 Å². The first-order chi connectivity index (χ1) is 9.68. The standard InChI is InChI=1S/C15H21N3O2/c1-10-16-17-14(18(10)11-6-2-3-7-11)12-8-4-5-9-13(12)15(19)20/h4-5,11-13H,2-3,6-9H2,1H3,(H,19,20). The molecule has 2 unspecified atom stereocenters. The Labute approximate surface area is 118 Å². The van der Waals surface area contributed by atoms with Crippen molar-refractivity contribution in [1.82, 2.24) is 14.8 Å². The maximum absolute atomic E-state index is 11.5. The van der Waals surface area contributed by atoms with Crippen LogP contribution in [0.5, 0.6) is 0 Å². The lowest BCUT2D eigenvalue weighted by atomic mass is 9.82. The van der Waals surface area contributed by atoms with E-state index in [-0.39, 0.29) is 11.8 Å². The molecule has 0 bridgehead atoms. The molecule has 1 fully saturated rings. The molecule has 0 aliphatic heterocycles. The van der Waals surface area contributed by atoms with Crippen molar-refractivity contribution >= 4 is 5.97 Å². The van der Waals surface area contributed by atoms with Crippen LogP contribution in [-0.2, 0) is 4.79 Å². The second-order valence-electron chi connectivity index (χ2n) is 5.91. The summed E-state index contributed by atoms with van der Waals surface area (Å²) in [6.45, 7) is 1.98. The molecule has 20 heavy (non-hydrogen) atoms. The van der Waals surface area contributed by atoms with Crippen LogP contribution in [0, 0.1) is 12.8 Å². The van der Waals surface area contributed by atoms with Crippen LogP contribution in [0.3, 0.4) is 0 Å². The fraction of sp³-hybridized carbons (Fsp3) is 0.667. The zero-order valence-corrected chi connectivity index (χ0v) is 11.8. The molecule has 2 atom stereocenters. The number of aryl methyl sites for hydroxylation is 1. The smallest absolute Gasteiger partial charge is 0.307 e. The van der Waals surface area contributed by atoms with E-state index in [4.69, 9.17) is 0 Å². The van der Waals surface area contributed by atoms with Gasteiger partial charge in [0.15, 0.2) is 0 Å². The van der Waals surface area contributed by atoms with Crippen LogP contribution in [0.25, 0.3) is 0 Å². The average Bonchev–Trinajstić information content (AvgIpc) is 3.07. The van der Waals surface area contributed by atoms with Gasteiger partial charge in [-0.25, -0.2) is 0 Å². The van der Waals surface area contributed by atoms with Gasteiger partial charge >= 0.3 is 5.97 Å². The molecule has 0 spiro atoms. The highest BCUT2D eigenvalue weighted by Gasteiger charge is 2.35. The number of rotatable bonds is 3. The third kappa shape index (κ3) is 2.25. The van der Waals surface area contributed by atoms with Gasteiger partial charge in [0, 0.05) is 12.0 Å². The SMILES string of the molecule is Cc1nnc(C2CC=CCC2C(=O)O)n1C1CCCC1. The minimum Gasteiger partial charge on any atom is -0.481 e. The first-order valence-corrected chi connectivity index (χ1v) is 7.47. The largest absolute Gasteiger partial charge is 0.481 e. The number of aromatic nitrogens is 3. The summed E-state index contributed by atoms with van der Waals surface area (Å²) >= 11 is 0. The highest BCUT2D eigenvalue weighted by atomic mass is 16.4. The third-order valence-corrected chi connectivity index (χ3v) is 4.66. The zero-order chi connectivity index (χ0) is 14.1. The van der Waals surface area contributed by atoms with Crippen molar-refractivity contribution in [3.05, 3.63) is 23.8 Å². The lowest BCUT2D eigenvalue weighted by Crippen LogP contribution is -2.27. The molecule has 0 radical (unpaired) electrons. The highest BCUT2D eigenvalue weighted by molar-refractivity contribution is 5.71. The van der Waals surface area contributed by atoms with Crippen LogP contribution in [0.15, 0.2) is 12.2 Å². The number of hydrogen-bond donors (Lipinski definition) is 1. The summed E-state index contributed by atoms with van der Waals surface area (Å²) in [5.74, 6) is 0.665. The first kappa shape index (κ1) is 13.3. The maximum atomic E-state index is 11.5. The lowest BCUT2D eigenvalue weighted by molar-refractivity contribution is -0.142. The molecular weight excluding hydrogens is 254 g/mol. The number of hydrogen-bond acceptors (Lipinski definition) is 3. The molecule has 2 aliphatic rings. The van der Waals surface area contributed by atoms with E-state index in [9.17, 15) is 9.90 Å². The van der Waals surface area contributed by atoms with Crippen molar-refractivity contribution < 1.29 is 9.90 Å². The summed E-state index contributed by atoms with van der Waals surface area (Å²) in [4.78, 5) is 11.5. The maximum Gasteiger partial charge on any atom is 0.307 e. The van der Waals surface area contributed by atoms with E-state index in [1.807, 2.05) is 13.0 Å². The van der Waals surface area contributed by atoms with Crippen molar-refractivity contribution in [2.45, 2.75) is 57.4 Å². The van der Waals surface area contributed by atoms with E-state index in [0.29, 0.717) is 12.5 Å². The molecule has 2 aliphatic carbocycles. The van der Waals surface area contributed by atoms with Crippen LogP contribution in [-0.4, -0.2) is 25.8 Å². The predicted octanol–water partition coefficient (Wildman–Crippen LogP) is 2.84. The van der Waals surface area contributed by atoms with Gasteiger partial charge in [0.25, 0.3) is 0 Å². The second-order valence-corrected chi connectivity index (χ2v) is 5.91. The molecule has 0 aromatic carbocycles. The normalized spacial score (nSPS) is 27.1. The Bertz CT molecular complexity index is 529. The Morgan fingerprint density at radius 1 is 1.25 bits per heavy atom. The number of carboxylic acid groups (broad SMARTS) is 1. The van der Waals surface area contributed by atoms with E-state index >= 15 is 0 Å². The van der Waals surface area contributed by atoms with E-state index < -0.39 is 5.97 Å². The number of allylic oxidation sites excluding steroid dienone is 2. The number of carboxylic acids is 1. The van der Waals surface area contributed by atoms with Crippen LogP contribution >= 0.6 is 0 Å². The summed E-state index contributed by atoms with van der Waals surface area (Å²) in [6, 6.07) is 0.459. The van der Waals surface area contributed by atoms with Gasteiger partial charge in [-0.3, -0.25) is 4.79 Å². The molecule has 108 valence electrons. The lowest BCUT2D eigenvalue weighted by Gasteiger charge is -2.27. The quantitative estimate of drug-likeness (QED) is 0.861. The van der Waals surface area contributed by atoms with E-state index in [1.54, 1.807) is 0 Å². The zero-order valence-electron chi connectivity index (χ0n) is 11.8. The Morgan fingerprint density at radius 3 is 2.65 bits per heavy atom. The van der Waals surface area contributed by atoms with Gasteiger partial charge in [-0.05, 0) is 32.6 Å². The molecular formula is C15H21N3O2. The highest BCUT2D eigenvalue weighted by Crippen LogP contribution is 2.38. The molecule has 3 rings (SSSR count). The average molecular weight is 275 g/mol. The van der Waals surface area contributed by atoms with Crippen LogP contribution in [0.2, 0.25) is 0 Å². The number of aliphatic carboxylic acids is 1. The number of nitrogens with zero attached hydrogens (tertiary/aromatic N) is 3. The van der Waals surface area contributed by atoms with Crippen molar-refractivity contribution in [1.29, 1.82) is 0 Å². The Kier molecular flexibility index (Phi) is 3.59. The molecule has 0 saturated heterocycles. The molecule has 5 nitrogen and oxygen atoms in total. The van der Waals surface area contributed by atoms with Crippen molar-refractivity contribution in [3.8, 4) is 0 Å². The van der Waals surface area contributed by atoms with Gasteiger partial charge in [-0.1, -0.05) is 25.0 Å². The Morgan fingerprint density at radius 2 is 1.95 bits per heavy atom. The van der Waals surface area contributed by atoms with Gasteiger partial charge in [-0.15, -0.1) is 10.2 Å². The van der Waals surface area contributed by atoms with Crippen LogP contribution < -0.4 is 0 Å². The van der Waals surface area contributed by atoms with Crippen molar-refractivity contribution in [2.24, 2.45) is 5.92 Å². The topological polar surface area (TPSA) is 68.0 Å². The summed E-state index contributed by atoms with van der Waals surface area (Å²) < 4.78 is 2.22. The molecule has 0 amide bonds. The molecule has 1 saturated carbocycles. The van der Waals surface area contributed by atoms with E-state index in [1.165, 1.54) is 12.8 Å². The van der Waals surface area contributed by atoms with Gasteiger partial charge < -0.3 is 9.67 Å². The van der Waals surface area contributed by atoms with Gasteiger partial charge in [-0.2, -0.15) is 0 Å². The Hall–Kier alpha value is -1.65. The Balaban J connectivity index is 1.96. The third-order valence-electron chi connectivity index (χ3n) is 4.66. The van der Waals surface area contributed by atoms with Crippen LogP contribution in [0.1, 0.15) is 62.1 Å². The van der Waals surface area contributed by atoms with Crippen molar-refractivity contribution in [3.63, 3.8) is 0 Å². The second kappa shape index (κ2) is 5.38. The molecule has 1 heterocycles. The van der Waals surface area contributed by atoms with E-state index in [0.717, 1.165) is 30.9 Å². The minimum absolute atomic E-state index is 0.0423. The minimum atomic E-state index is -0.724. The van der Waals surface area contributed by atoms with Gasteiger partial charge in [0.05, 0.1) is 5.92 Å². The van der Waals surface area contributed by atoms with Gasteiger partial charge in [0.2, 0.25) is 0 Å². The van der Waals surface area contributed by atoms with Crippen LogP contribution in [0.4, 0.5) is 0 Å². The molecule has 1 aromatic rings. The summed E-state index contributed by atoms with van der Waals surface area (Å²) in [6.07, 6.45) is 10.2. The molecule has 5 heteroatoms. The predicted molar refractivity (Wildman–Crippen MR) is 74.5 cm³/mol. The van der Waals surface area contributed by atoms with Gasteiger partial charge in [0.1, 0.15) is 11.6 Å². The first-order valence-electron chi connectivity index (χ1n) is 7.47.